The van der Waals surface area contributed by atoms with Crippen molar-refractivity contribution in [1.29, 1.82) is 0 Å². The Morgan fingerprint density at radius 2 is 2.10 bits per heavy atom. The summed E-state index contributed by atoms with van der Waals surface area (Å²) in [4.78, 5) is 14.5. The zero-order chi connectivity index (χ0) is 15.2. The summed E-state index contributed by atoms with van der Waals surface area (Å²) in [6.07, 6.45) is 6.26. The van der Waals surface area contributed by atoms with E-state index in [0.29, 0.717) is 29.0 Å². The maximum atomic E-state index is 12.2. The number of rotatable bonds is 5. The topological polar surface area (TPSA) is 58.4 Å². The number of anilines is 2. The van der Waals surface area contributed by atoms with Gasteiger partial charge in [-0.1, -0.05) is 37.8 Å². The molecule has 0 saturated heterocycles. The van der Waals surface area contributed by atoms with E-state index >= 15 is 0 Å². The number of carbonyl (C=O) groups is 1. The fourth-order valence-electron chi connectivity index (χ4n) is 2.95. The monoisotopic (exact) mass is 309 g/mol. The van der Waals surface area contributed by atoms with Gasteiger partial charge >= 0.3 is 0 Å². The average molecular weight is 310 g/mol. The van der Waals surface area contributed by atoms with E-state index in [4.69, 9.17) is 17.3 Å². The van der Waals surface area contributed by atoms with Crippen LogP contribution in [-0.2, 0) is 4.79 Å². The van der Waals surface area contributed by atoms with Crippen LogP contribution in [0.2, 0.25) is 5.02 Å². The maximum Gasteiger partial charge on any atom is 0.238 e. The lowest BCUT2D eigenvalue weighted by molar-refractivity contribution is -0.118. The Kier molecular flexibility index (Phi) is 5.88. The highest BCUT2D eigenvalue weighted by Gasteiger charge is 2.21. The molecule has 0 bridgehead atoms. The van der Waals surface area contributed by atoms with E-state index in [1.165, 1.54) is 32.1 Å². The van der Waals surface area contributed by atoms with Gasteiger partial charge in [0.05, 0.1) is 17.3 Å². The number of hydrogen-bond donors (Lipinski definition) is 2. The molecule has 0 atom stereocenters. The van der Waals surface area contributed by atoms with Crippen LogP contribution in [0.1, 0.15) is 39.0 Å². The van der Waals surface area contributed by atoms with Crippen molar-refractivity contribution >= 4 is 28.9 Å². The number of amides is 1. The summed E-state index contributed by atoms with van der Waals surface area (Å²) in [5.41, 5.74) is 6.87. The van der Waals surface area contributed by atoms with Gasteiger partial charge < -0.3 is 11.1 Å². The Morgan fingerprint density at radius 1 is 1.38 bits per heavy atom. The molecule has 1 saturated carbocycles. The molecule has 116 valence electrons. The third-order valence-corrected chi connectivity index (χ3v) is 4.42. The minimum absolute atomic E-state index is 0.0194. The van der Waals surface area contributed by atoms with Crippen molar-refractivity contribution in [3.8, 4) is 0 Å². The zero-order valence-corrected chi connectivity index (χ0v) is 13.3. The molecule has 4 nitrogen and oxygen atoms in total. The Hall–Kier alpha value is -1.26. The molecule has 0 unspecified atom stereocenters. The number of benzene rings is 1. The molecule has 0 spiro atoms. The van der Waals surface area contributed by atoms with Crippen LogP contribution in [0.15, 0.2) is 18.2 Å². The molecule has 0 heterocycles. The molecule has 3 N–H and O–H groups in total. The quantitative estimate of drug-likeness (QED) is 0.818. The molecule has 21 heavy (non-hydrogen) atoms. The third-order valence-electron chi connectivity index (χ3n) is 4.11. The van der Waals surface area contributed by atoms with Crippen LogP contribution >= 0.6 is 11.6 Å². The van der Waals surface area contributed by atoms with Gasteiger partial charge in [0, 0.05) is 11.7 Å². The molecule has 5 heteroatoms. The highest BCUT2D eigenvalue weighted by Crippen LogP contribution is 2.25. The van der Waals surface area contributed by atoms with E-state index < -0.39 is 0 Å². The van der Waals surface area contributed by atoms with Crippen LogP contribution in [0.3, 0.4) is 0 Å². The van der Waals surface area contributed by atoms with Crippen molar-refractivity contribution in [3.63, 3.8) is 0 Å². The normalized spacial score (nSPS) is 16.1. The smallest absolute Gasteiger partial charge is 0.238 e. The van der Waals surface area contributed by atoms with Gasteiger partial charge in [0.25, 0.3) is 0 Å². The van der Waals surface area contributed by atoms with Crippen molar-refractivity contribution < 1.29 is 4.79 Å². The van der Waals surface area contributed by atoms with Crippen LogP contribution < -0.4 is 11.1 Å². The van der Waals surface area contributed by atoms with Gasteiger partial charge in [-0.25, -0.2) is 0 Å². The zero-order valence-electron chi connectivity index (χ0n) is 12.6. The minimum Gasteiger partial charge on any atom is -0.399 e. The first-order valence-electron chi connectivity index (χ1n) is 7.69. The van der Waals surface area contributed by atoms with Gasteiger partial charge in [0.1, 0.15) is 0 Å². The van der Waals surface area contributed by atoms with Gasteiger partial charge in [-0.15, -0.1) is 0 Å². The maximum absolute atomic E-state index is 12.2. The summed E-state index contributed by atoms with van der Waals surface area (Å²) in [6, 6.07) is 5.67. The Morgan fingerprint density at radius 3 is 2.71 bits per heavy atom. The van der Waals surface area contributed by atoms with Crippen molar-refractivity contribution in [1.82, 2.24) is 4.90 Å². The van der Waals surface area contributed by atoms with E-state index in [-0.39, 0.29) is 5.91 Å². The summed E-state index contributed by atoms with van der Waals surface area (Å²) in [5.74, 6) is -0.0194. The summed E-state index contributed by atoms with van der Waals surface area (Å²) < 4.78 is 0. The van der Waals surface area contributed by atoms with Crippen LogP contribution in [0.25, 0.3) is 0 Å². The van der Waals surface area contributed by atoms with Crippen LogP contribution in [0.4, 0.5) is 11.4 Å². The fourth-order valence-corrected chi connectivity index (χ4v) is 3.19. The third kappa shape index (κ3) is 4.61. The van der Waals surface area contributed by atoms with Crippen molar-refractivity contribution in [2.24, 2.45) is 0 Å². The number of hydrogen-bond acceptors (Lipinski definition) is 3. The van der Waals surface area contributed by atoms with Gasteiger partial charge in [0.2, 0.25) is 5.91 Å². The van der Waals surface area contributed by atoms with Gasteiger partial charge in [0.15, 0.2) is 0 Å². The Labute approximate surface area is 131 Å². The number of carbonyl (C=O) groups excluding carboxylic acids is 1. The Bertz CT molecular complexity index is 486. The molecule has 0 aromatic heterocycles. The first-order chi connectivity index (χ1) is 10.1. The molecule has 0 radical (unpaired) electrons. The molecule has 1 aromatic carbocycles. The van der Waals surface area contributed by atoms with E-state index in [0.717, 1.165) is 6.54 Å². The lowest BCUT2D eigenvalue weighted by Gasteiger charge is -2.32. The van der Waals surface area contributed by atoms with E-state index in [1.807, 2.05) is 0 Å². The summed E-state index contributed by atoms with van der Waals surface area (Å²) in [5, 5.41) is 3.35. The predicted molar refractivity (Wildman–Crippen MR) is 88.6 cm³/mol. The van der Waals surface area contributed by atoms with Gasteiger partial charge in [-0.05, 0) is 37.6 Å². The molecule has 1 fully saturated rings. The lowest BCUT2D eigenvalue weighted by atomic mass is 9.94. The molecular formula is C16H24ClN3O. The lowest BCUT2D eigenvalue weighted by Crippen LogP contribution is -2.41. The van der Waals surface area contributed by atoms with Crippen molar-refractivity contribution in [3.05, 3.63) is 23.2 Å². The highest BCUT2D eigenvalue weighted by atomic mass is 35.5. The number of likely N-dealkylation sites (N-methyl/N-ethyl adjacent to an activating group) is 1. The van der Waals surface area contributed by atoms with Crippen molar-refractivity contribution in [2.75, 3.05) is 24.1 Å². The SMILES string of the molecule is CCN(CC(=O)Nc1ccc(N)cc1Cl)C1CCCCC1. The number of nitrogens with zero attached hydrogens (tertiary/aromatic N) is 1. The van der Waals surface area contributed by atoms with Gasteiger partial charge in [-0.3, -0.25) is 9.69 Å². The highest BCUT2D eigenvalue weighted by molar-refractivity contribution is 6.34. The second kappa shape index (κ2) is 7.66. The largest absolute Gasteiger partial charge is 0.399 e. The first kappa shape index (κ1) is 16.1. The fraction of sp³-hybridized carbons (Fsp3) is 0.562. The standard InChI is InChI=1S/C16H24ClN3O/c1-2-20(13-6-4-3-5-7-13)11-16(21)19-15-9-8-12(18)10-14(15)17/h8-10,13H,2-7,11,18H2,1H3,(H,19,21). The van der Waals surface area contributed by atoms with Crippen LogP contribution in [0.5, 0.6) is 0 Å². The number of halogens is 1. The molecule has 1 amide bonds. The van der Waals surface area contributed by atoms with Crippen LogP contribution in [-0.4, -0.2) is 29.9 Å². The van der Waals surface area contributed by atoms with E-state index in [9.17, 15) is 4.79 Å². The second-order valence-corrected chi connectivity index (χ2v) is 6.05. The molecule has 1 aromatic rings. The Balaban J connectivity index is 1.92. The van der Waals surface area contributed by atoms with Crippen LogP contribution in [0, 0.1) is 0 Å². The van der Waals surface area contributed by atoms with E-state index in [2.05, 4.69) is 17.1 Å². The number of nitrogen functional groups attached to an aromatic ring is 1. The molecule has 1 aliphatic carbocycles. The predicted octanol–water partition coefficient (Wildman–Crippen LogP) is 3.52. The van der Waals surface area contributed by atoms with Crippen molar-refractivity contribution in [2.45, 2.75) is 45.1 Å². The van der Waals surface area contributed by atoms with E-state index in [1.54, 1.807) is 18.2 Å². The second-order valence-electron chi connectivity index (χ2n) is 5.64. The minimum atomic E-state index is -0.0194. The summed E-state index contributed by atoms with van der Waals surface area (Å²) in [7, 11) is 0. The summed E-state index contributed by atoms with van der Waals surface area (Å²) >= 11 is 6.08. The van der Waals surface area contributed by atoms with Gasteiger partial charge in [-0.2, -0.15) is 0 Å². The molecule has 1 aliphatic rings. The summed E-state index contributed by atoms with van der Waals surface area (Å²) in [6.45, 7) is 3.42. The number of nitrogens with two attached hydrogens (primary N) is 1. The first-order valence-corrected chi connectivity index (χ1v) is 8.07. The molecule has 2 rings (SSSR count). The average Bonchev–Trinajstić information content (AvgIpc) is 2.48. The number of nitrogens with one attached hydrogen (secondary N) is 1. The molecule has 0 aliphatic heterocycles. The molecular weight excluding hydrogens is 286 g/mol.